The third-order valence-corrected chi connectivity index (χ3v) is 3.47. The second kappa shape index (κ2) is 7.64. The van der Waals surface area contributed by atoms with Gasteiger partial charge in [-0.1, -0.05) is 6.92 Å². The summed E-state index contributed by atoms with van der Waals surface area (Å²) >= 11 is 0. The van der Waals surface area contributed by atoms with Gasteiger partial charge in [-0.05, 0) is 19.3 Å². The second-order valence-electron chi connectivity index (χ2n) is 5.15. The Kier molecular flexibility index (Phi) is 5.58. The number of hydrogen-bond acceptors (Lipinski definition) is 4. The molecule has 0 spiro atoms. The number of aromatic nitrogens is 2. The average molecular weight is 291 g/mol. The molecule has 7 heteroatoms. The van der Waals surface area contributed by atoms with Gasteiger partial charge in [0.15, 0.2) is 0 Å². The van der Waals surface area contributed by atoms with Crippen molar-refractivity contribution in [2.45, 2.75) is 51.3 Å². The van der Waals surface area contributed by atoms with E-state index >= 15 is 0 Å². The molecular formula is C14H21N5O2. The number of nitrogens with one attached hydrogen (secondary N) is 2. The quantitative estimate of drug-likeness (QED) is 0.837. The highest BCUT2D eigenvalue weighted by molar-refractivity contribution is 5.89. The maximum atomic E-state index is 11.8. The van der Waals surface area contributed by atoms with Crippen LogP contribution < -0.4 is 10.6 Å². The van der Waals surface area contributed by atoms with Crippen molar-refractivity contribution in [2.75, 3.05) is 11.9 Å². The van der Waals surface area contributed by atoms with Crippen molar-refractivity contribution in [3.8, 4) is 6.07 Å². The summed E-state index contributed by atoms with van der Waals surface area (Å²) in [4.78, 5) is 11.8. The third kappa shape index (κ3) is 4.76. The summed E-state index contributed by atoms with van der Waals surface area (Å²) < 4.78 is 7.33. The summed E-state index contributed by atoms with van der Waals surface area (Å²) in [6, 6.07) is 1.62. The summed E-state index contributed by atoms with van der Waals surface area (Å²) in [5.74, 6) is 0. The highest BCUT2D eigenvalue weighted by Crippen LogP contribution is 2.14. The fourth-order valence-corrected chi connectivity index (χ4v) is 2.29. The number of ether oxygens (including phenoxy) is 1. The van der Waals surface area contributed by atoms with E-state index in [1.165, 1.54) is 0 Å². The second-order valence-corrected chi connectivity index (χ2v) is 5.15. The number of carbonyl (C=O) groups excluding carboxylic acids is 1. The molecular weight excluding hydrogens is 270 g/mol. The normalized spacial score (nSPS) is 19.0. The molecule has 114 valence electrons. The molecule has 1 aromatic rings. The Labute approximate surface area is 124 Å². The van der Waals surface area contributed by atoms with Gasteiger partial charge < -0.3 is 15.4 Å². The first-order chi connectivity index (χ1) is 10.2. The van der Waals surface area contributed by atoms with E-state index in [2.05, 4.69) is 21.8 Å². The minimum Gasteiger partial charge on any atom is -0.376 e. The topological polar surface area (TPSA) is 92.0 Å². The summed E-state index contributed by atoms with van der Waals surface area (Å²) in [7, 11) is 0. The van der Waals surface area contributed by atoms with E-state index in [9.17, 15) is 4.79 Å². The predicted molar refractivity (Wildman–Crippen MR) is 77.7 cm³/mol. The first-order valence-corrected chi connectivity index (χ1v) is 7.29. The van der Waals surface area contributed by atoms with Gasteiger partial charge in [-0.3, -0.25) is 4.68 Å². The average Bonchev–Trinajstić information content (AvgIpc) is 3.11. The van der Waals surface area contributed by atoms with Crippen LogP contribution in [0.15, 0.2) is 12.4 Å². The number of nitrogens with zero attached hydrogens (tertiary/aromatic N) is 3. The van der Waals surface area contributed by atoms with Gasteiger partial charge in [0, 0.05) is 18.8 Å². The zero-order valence-electron chi connectivity index (χ0n) is 12.2. The molecule has 1 aliphatic heterocycles. The van der Waals surface area contributed by atoms with Crippen LogP contribution >= 0.6 is 0 Å². The smallest absolute Gasteiger partial charge is 0.319 e. The maximum Gasteiger partial charge on any atom is 0.319 e. The van der Waals surface area contributed by atoms with Gasteiger partial charge in [-0.2, -0.15) is 10.4 Å². The minimum atomic E-state index is -0.311. The fourth-order valence-electron chi connectivity index (χ4n) is 2.29. The number of rotatable bonds is 6. The SMILES string of the molecule is CC[C@@H](CC#N)NC(=O)Nc1cnn(C[C@@H]2CCCO2)c1. The zero-order valence-corrected chi connectivity index (χ0v) is 12.2. The third-order valence-electron chi connectivity index (χ3n) is 3.47. The molecule has 0 bridgehead atoms. The molecule has 1 fully saturated rings. The fraction of sp³-hybridized carbons (Fsp3) is 0.643. The molecule has 2 heterocycles. The number of carbonyl (C=O) groups is 1. The van der Waals surface area contributed by atoms with Crippen molar-refractivity contribution in [3.63, 3.8) is 0 Å². The summed E-state index contributed by atoms with van der Waals surface area (Å²) in [6.45, 7) is 3.45. The largest absolute Gasteiger partial charge is 0.376 e. The van der Waals surface area contributed by atoms with Crippen LogP contribution in [0, 0.1) is 11.3 Å². The van der Waals surface area contributed by atoms with Crippen LogP contribution in [0.4, 0.5) is 10.5 Å². The number of urea groups is 1. The van der Waals surface area contributed by atoms with E-state index in [-0.39, 0.29) is 18.2 Å². The minimum absolute atomic E-state index is 0.128. The van der Waals surface area contributed by atoms with Crippen LogP contribution in [0.3, 0.4) is 0 Å². The van der Waals surface area contributed by atoms with E-state index in [0.29, 0.717) is 18.7 Å². The van der Waals surface area contributed by atoms with Gasteiger partial charge in [0.1, 0.15) is 0 Å². The Morgan fingerprint density at radius 3 is 3.24 bits per heavy atom. The van der Waals surface area contributed by atoms with Gasteiger partial charge in [0.2, 0.25) is 0 Å². The molecule has 1 aliphatic rings. The van der Waals surface area contributed by atoms with Crippen LogP contribution in [0.2, 0.25) is 0 Å². The molecule has 0 aliphatic carbocycles. The molecule has 1 saturated heterocycles. The molecule has 2 N–H and O–H groups in total. The molecule has 7 nitrogen and oxygen atoms in total. The Morgan fingerprint density at radius 2 is 2.57 bits per heavy atom. The molecule has 0 aromatic carbocycles. The zero-order chi connectivity index (χ0) is 15.1. The molecule has 2 amide bonds. The first-order valence-electron chi connectivity index (χ1n) is 7.29. The van der Waals surface area contributed by atoms with Gasteiger partial charge in [0.25, 0.3) is 0 Å². The highest BCUT2D eigenvalue weighted by Gasteiger charge is 2.16. The Bertz CT molecular complexity index is 502. The van der Waals surface area contributed by atoms with Crippen molar-refractivity contribution in [1.29, 1.82) is 5.26 Å². The Morgan fingerprint density at radius 1 is 1.71 bits per heavy atom. The molecule has 0 unspecified atom stereocenters. The Balaban J connectivity index is 1.81. The van der Waals surface area contributed by atoms with Crippen molar-refractivity contribution in [2.24, 2.45) is 0 Å². The molecule has 1 aromatic heterocycles. The van der Waals surface area contributed by atoms with E-state index in [1.807, 2.05) is 6.92 Å². The van der Waals surface area contributed by atoms with E-state index in [1.54, 1.807) is 17.1 Å². The van der Waals surface area contributed by atoms with Crippen LogP contribution in [-0.4, -0.2) is 34.6 Å². The number of amides is 2. The van der Waals surface area contributed by atoms with E-state index < -0.39 is 0 Å². The summed E-state index contributed by atoms with van der Waals surface area (Å²) in [6.07, 6.45) is 6.78. The maximum absolute atomic E-state index is 11.8. The predicted octanol–water partition coefficient (Wildman–Crippen LogP) is 1.88. The van der Waals surface area contributed by atoms with Crippen molar-refractivity contribution in [3.05, 3.63) is 12.4 Å². The lowest BCUT2D eigenvalue weighted by atomic mass is 10.2. The van der Waals surface area contributed by atoms with E-state index in [0.717, 1.165) is 25.9 Å². The van der Waals surface area contributed by atoms with Crippen LogP contribution in [-0.2, 0) is 11.3 Å². The molecule has 2 atom stereocenters. The van der Waals surface area contributed by atoms with Gasteiger partial charge in [0.05, 0.1) is 37.0 Å². The lowest BCUT2D eigenvalue weighted by Gasteiger charge is -2.13. The molecule has 21 heavy (non-hydrogen) atoms. The number of hydrogen-bond donors (Lipinski definition) is 2. The summed E-state index contributed by atoms with van der Waals surface area (Å²) in [5.41, 5.74) is 0.636. The first kappa shape index (κ1) is 15.3. The number of nitriles is 1. The van der Waals surface area contributed by atoms with Crippen molar-refractivity contribution in [1.82, 2.24) is 15.1 Å². The van der Waals surface area contributed by atoms with Gasteiger partial charge >= 0.3 is 6.03 Å². The molecule has 0 radical (unpaired) electrons. The molecule has 0 saturated carbocycles. The summed E-state index contributed by atoms with van der Waals surface area (Å²) in [5, 5.41) is 18.4. The standard InChI is InChI=1S/C14H21N5O2/c1-2-11(5-6-15)17-14(20)18-12-8-16-19(9-12)10-13-4-3-7-21-13/h8-9,11,13H,2-5,7,10H2,1H3,(H2,17,18,20)/t11-,13-/m0/s1. The van der Waals surface area contributed by atoms with Crippen LogP contribution in [0.1, 0.15) is 32.6 Å². The lowest BCUT2D eigenvalue weighted by Crippen LogP contribution is -2.37. The Hall–Kier alpha value is -2.07. The van der Waals surface area contributed by atoms with Crippen LogP contribution in [0.5, 0.6) is 0 Å². The molecule has 2 rings (SSSR count). The lowest BCUT2D eigenvalue weighted by molar-refractivity contribution is 0.0940. The van der Waals surface area contributed by atoms with Gasteiger partial charge in [-0.15, -0.1) is 0 Å². The van der Waals surface area contributed by atoms with Crippen molar-refractivity contribution < 1.29 is 9.53 Å². The highest BCUT2D eigenvalue weighted by atomic mass is 16.5. The monoisotopic (exact) mass is 291 g/mol. The van der Waals surface area contributed by atoms with Crippen LogP contribution in [0.25, 0.3) is 0 Å². The van der Waals surface area contributed by atoms with Gasteiger partial charge in [-0.25, -0.2) is 4.79 Å². The number of anilines is 1. The van der Waals surface area contributed by atoms with E-state index in [4.69, 9.17) is 10.00 Å². The van der Waals surface area contributed by atoms with Crippen molar-refractivity contribution >= 4 is 11.7 Å².